The number of anilines is 1. The highest BCUT2D eigenvalue weighted by Crippen LogP contribution is 2.31. The molecule has 7 heteroatoms. The number of halogens is 1. The van der Waals surface area contributed by atoms with Crippen molar-refractivity contribution in [2.75, 3.05) is 20.0 Å². The van der Waals surface area contributed by atoms with Gasteiger partial charge in [-0.15, -0.1) is 0 Å². The maximum absolute atomic E-state index is 11.9. The number of carbonyl (C=O) groups excluding carboxylic acids is 1. The van der Waals surface area contributed by atoms with Gasteiger partial charge in [0.15, 0.2) is 5.69 Å². The van der Waals surface area contributed by atoms with E-state index in [1.165, 1.54) is 25.0 Å². The number of aromatic nitrogens is 1. The fourth-order valence-electron chi connectivity index (χ4n) is 1.96. The van der Waals surface area contributed by atoms with Crippen LogP contribution in [0.1, 0.15) is 16.1 Å². The van der Waals surface area contributed by atoms with Crippen LogP contribution in [0.2, 0.25) is 0 Å². The number of nitrogens with zero attached hydrogens (tertiary/aromatic N) is 2. The van der Waals surface area contributed by atoms with Crippen LogP contribution in [0, 0.1) is 11.3 Å². The number of rotatable bonds is 3. The number of nitrogens with two attached hydrogens (primary N) is 1. The van der Waals surface area contributed by atoms with Crippen molar-refractivity contribution in [3.05, 3.63) is 40.1 Å². The summed E-state index contributed by atoms with van der Waals surface area (Å²) in [5.74, 6) is -0.104. The Morgan fingerprint density at radius 3 is 2.71 bits per heavy atom. The Morgan fingerprint density at radius 1 is 1.43 bits per heavy atom. The lowest BCUT2D eigenvalue weighted by atomic mass is 10.2. The zero-order chi connectivity index (χ0) is 15.6. The first-order valence-electron chi connectivity index (χ1n) is 5.86. The van der Waals surface area contributed by atoms with Gasteiger partial charge >= 0.3 is 5.97 Å². The Labute approximate surface area is 129 Å². The van der Waals surface area contributed by atoms with Crippen molar-refractivity contribution in [1.29, 1.82) is 5.26 Å². The van der Waals surface area contributed by atoms with E-state index in [1.54, 1.807) is 18.2 Å². The third-order valence-corrected chi connectivity index (χ3v) is 3.44. The maximum Gasteiger partial charge on any atom is 0.357 e. The van der Waals surface area contributed by atoms with Gasteiger partial charge in [-0.25, -0.2) is 4.79 Å². The molecule has 108 valence electrons. The summed E-state index contributed by atoms with van der Waals surface area (Å²) in [5.41, 5.74) is 6.80. The minimum absolute atomic E-state index is 0.0781. The minimum Gasteiger partial charge on any atom is -0.495 e. The fourth-order valence-corrected chi connectivity index (χ4v) is 2.30. The lowest BCUT2D eigenvalue weighted by Gasteiger charge is -2.12. The van der Waals surface area contributed by atoms with Crippen molar-refractivity contribution in [1.82, 2.24) is 4.57 Å². The highest BCUT2D eigenvalue weighted by atomic mass is 79.9. The number of esters is 1. The van der Waals surface area contributed by atoms with Gasteiger partial charge < -0.3 is 19.8 Å². The lowest BCUT2D eigenvalue weighted by molar-refractivity contribution is 0.0593. The number of methoxy groups -OCH3 is 2. The third kappa shape index (κ3) is 2.58. The van der Waals surface area contributed by atoms with Crippen LogP contribution in [0.25, 0.3) is 5.69 Å². The van der Waals surface area contributed by atoms with Gasteiger partial charge in [0.1, 0.15) is 11.8 Å². The summed E-state index contributed by atoms with van der Waals surface area (Å²) in [4.78, 5) is 11.9. The predicted molar refractivity (Wildman–Crippen MR) is 80.5 cm³/mol. The number of carbonyl (C=O) groups is 1. The van der Waals surface area contributed by atoms with Crippen LogP contribution in [0.5, 0.6) is 5.75 Å². The largest absolute Gasteiger partial charge is 0.495 e. The van der Waals surface area contributed by atoms with E-state index in [9.17, 15) is 4.79 Å². The molecule has 0 fully saturated rings. The number of hydrogen-bond donors (Lipinski definition) is 1. The molecule has 2 aromatic rings. The van der Waals surface area contributed by atoms with E-state index in [1.807, 2.05) is 6.07 Å². The van der Waals surface area contributed by atoms with E-state index < -0.39 is 5.97 Å². The first kappa shape index (κ1) is 14.9. The molecular formula is C14H12BrN3O3. The molecule has 0 amide bonds. The van der Waals surface area contributed by atoms with E-state index in [-0.39, 0.29) is 16.9 Å². The van der Waals surface area contributed by atoms with E-state index in [0.29, 0.717) is 11.4 Å². The van der Waals surface area contributed by atoms with Crippen LogP contribution in [-0.2, 0) is 4.74 Å². The molecule has 0 saturated carbocycles. The number of ether oxygens (including phenoxy) is 2. The van der Waals surface area contributed by atoms with Crippen LogP contribution in [-0.4, -0.2) is 24.8 Å². The molecule has 0 spiro atoms. The van der Waals surface area contributed by atoms with Crippen molar-refractivity contribution in [3.8, 4) is 17.5 Å². The zero-order valence-corrected chi connectivity index (χ0v) is 13.0. The van der Waals surface area contributed by atoms with E-state index in [2.05, 4.69) is 15.9 Å². The van der Waals surface area contributed by atoms with Crippen LogP contribution in [0.15, 0.2) is 28.9 Å². The van der Waals surface area contributed by atoms with Crippen LogP contribution in [0.4, 0.5) is 5.69 Å². The average Bonchev–Trinajstić information content (AvgIpc) is 2.82. The smallest absolute Gasteiger partial charge is 0.357 e. The number of nitrogen functional groups attached to an aromatic ring is 1. The number of benzene rings is 1. The van der Waals surface area contributed by atoms with Crippen molar-refractivity contribution in [2.45, 2.75) is 0 Å². The quantitative estimate of drug-likeness (QED) is 0.859. The Kier molecular flexibility index (Phi) is 4.19. The molecule has 6 nitrogen and oxygen atoms in total. The predicted octanol–water partition coefficient (Wildman–Crippen LogP) is 2.49. The molecule has 0 aliphatic heterocycles. The van der Waals surface area contributed by atoms with Gasteiger partial charge in [-0.05, 0) is 18.2 Å². The fraction of sp³-hybridized carbons (Fsp3) is 0.143. The van der Waals surface area contributed by atoms with Gasteiger partial charge in [-0.1, -0.05) is 15.9 Å². The molecule has 21 heavy (non-hydrogen) atoms. The molecule has 0 aliphatic rings. The van der Waals surface area contributed by atoms with E-state index >= 15 is 0 Å². The summed E-state index contributed by atoms with van der Waals surface area (Å²) in [5, 5.41) is 9.09. The van der Waals surface area contributed by atoms with Gasteiger partial charge in [0.2, 0.25) is 0 Å². The molecule has 1 heterocycles. The van der Waals surface area contributed by atoms with Crippen LogP contribution >= 0.6 is 15.9 Å². The monoisotopic (exact) mass is 349 g/mol. The van der Waals surface area contributed by atoms with Crippen LogP contribution in [0.3, 0.4) is 0 Å². The molecule has 0 atom stereocenters. The second kappa shape index (κ2) is 5.89. The molecule has 2 N–H and O–H groups in total. The summed E-state index contributed by atoms with van der Waals surface area (Å²) >= 11 is 3.35. The Morgan fingerprint density at radius 2 is 2.14 bits per heavy atom. The van der Waals surface area contributed by atoms with Crippen molar-refractivity contribution in [2.24, 2.45) is 0 Å². The highest BCUT2D eigenvalue weighted by Gasteiger charge is 2.23. The molecule has 1 aromatic carbocycles. The van der Waals surface area contributed by atoms with Gasteiger partial charge in [0.05, 0.1) is 31.2 Å². The molecule has 0 aliphatic carbocycles. The summed E-state index contributed by atoms with van der Waals surface area (Å²) < 4.78 is 12.4. The number of hydrogen-bond acceptors (Lipinski definition) is 5. The zero-order valence-electron chi connectivity index (χ0n) is 11.4. The second-order valence-corrected chi connectivity index (χ2v) is 5.01. The van der Waals surface area contributed by atoms with Crippen molar-refractivity contribution in [3.63, 3.8) is 0 Å². The molecular weight excluding hydrogens is 338 g/mol. The minimum atomic E-state index is -0.626. The summed E-state index contributed by atoms with van der Waals surface area (Å²) in [6, 6.07) is 7.24. The topological polar surface area (TPSA) is 90.3 Å². The Hall–Kier alpha value is -2.46. The Balaban J connectivity index is 2.75. The van der Waals surface area contributed by atoms with Gasteiger partial charge in [0.25, 0.3) is 0 Å². The van der Waals surface area contributed by atoms with Gasteiger partial charge in [0, 0.05) is 10.7 Å². The standard InChI is InChI=1S/C14H12BrN3O3/c1-20-11-5-9(15)3-4-10(11)18-7-8(6-16)12(17)13(18)14(19)21-2/h3-5,7H,17H2,1-2H3. The first-order valence-corrected chi connectivity index (χ1v) is 6.66. The molecule has 0 bridgehead atoms. The van der Waals surface area contributed by atoms with Gasteiger partial charge in [-0.2, -0.15) is 5.26 Å². The molecule has 1 aromatic heterocycles. The highest BCUT2D eigenvalue weighted by molar-refractivity contribution is 9.10. The first-order chi connectivity index (χ1) is 10.0. The third-order valence-electron chi connectivity index (χ3n) is 2.94. The molecule has 2 rings (SSSR count). The van der Waals surface area contributed by atoms with E-state index in [0.717, 1.165) is 4.47 Å². The lowest BCUT2D eigenvalue weighted by Crippen LogP contribution is -2.11. The average molecular weight is 350 g/mol. The normalized spacial score (nSPS) is 10.0. The molecule has 0 unspecified atom stereocenters. The van der Waals surface area contributed by atoms with Crippen LogP contribution < -0.4 is 10.5 Å². The second-order valence-electron chi connectivity index (χ2n) is 4.09. The van der Waals surface area contributed by atoms with Gasteiger partial charge in [-0.3, -0.25) is 0 Å². The SMILES string of the molecule is COC(=O)c1c(N)c(C#N)cn1-c1ccc(Br)cc1OC. The number of nitriles is 1. The summed E-state index contributed by atoms with van der Waals surface area (Å²) in [6.45, 7) is 0. The summed E-state index contributed by atoms with van der Waals surface area (Å²) in [7, 11) is 2.77. The maximum atomic E-state index is 11.9. The molecule has 0 saturated heterocycles. The summed E-state index contributed by atoms with van der Waals surface area (Å²) in [6.07, 6.45) is 1.48. The van der Waals surface area contributed by atoms with E-state index in [4.69, 9.17) is 20.5 Å². The Bertz CT molecular complexity index is 747. The van der Waals surface area contributed by atoms with Crippen molar-refractivity contribution < 1.29 is 14.3 Å². The molecule has 0 radical (unpaired) electrons. The van der Waals surface area contributed by atoms with Crippen molar-refractivity contribution >= 4 is 27.6 Å².